The SMILES string of the molecule is CC(=O)OC[C@H]1O[C@@H](c2cc(CO[C@@H]3O[C@H](COC(C)=O)[C@@H](OC(C)=O)[C@H](OC(C)=O)[C@H]3OC(C)=O)on2)[C@H](OC(C)=O)[C@@H](OC(C)=O)[C@H]1OC(C)=O. The molecule has 10 atom stereocenters. The molecule has 0 saturated carbocycles. The van der Waals surface area contributed by atoms with Crippen LogP contribution in [0.25, 0.3) is 0 Å². The van der Waals surface area contributed by atoms with Crippen LogP contribution < -0.4 is 0 Å². The first-order valence-electron chi connectivity index (χ1n) is 16.0. The van der Waals surface area contributed by atoms with Gasteiger partial charge < -0.3 is 56.6 Å². The molecule has 2 saturated heterocycles. The molecule has 53 heavy (non-hydrogen) atoms. The van der Waals surface area contributed by atoms with Crippen LogP contribution >= 0.6 is 0 Å². The van der Waals surface area contributed by atoms with Gasteiger partial charge in [0.15, 0.2) is 48.7 Å². The topological polar surface area (TPSA) is 264 Å². The van der Waals surface area contributed by atoms with Crippen molar-refractivity contribution in [3.05, 3.63) is 17.5 Å². The molecule has 2 fully saturated rings. The van der Waals surface area contributed by atoms with Crippen LogP contribution in [-0.2, 0) is 97.1 Å². The molecule has 0 aliphatic carbocycles. The smallest absolute Gasteiger partial charge is 0.303 e. The molecule has 0 N–H and O–H groups in total. The summed E-state index contributed by atoms with van der Waals surface area (Å²) < 4.78 is 65.9. The van der Waals surface area contributed by atoms with Gasteiger partial charge in [-0.25, -0.2) is 0 Å². The van der Waals surface area contributed by atoms with Crippen molar-refractivity contribution in [3.8, 4) is 0 Å². The minimum absolute atomic E-state index is 0.0410. The molecule has 3 heterocycles. The van der Waals surface area contributed by atoms with E-state index in [4.69, 9.17) is 56.6 Å². The Morgan fingerprint density at radius 3 is 1.38 bits per heavy atom. The minimum Gasteiger partial charge on any atom is -0.463 e. The summed E-state index contributed by atoms with van der Waals surface area (Å²) in [5.74, 6) is -6.47. The maximum Gasteiger partial charge on any atom is 0.303 e. The van der Waals surface area contributed by atoms with Crippen molar-refractivity contribution < 1.29 is 95.0 Å². The Morgan fingerprint density at radius 1 is 0.528 bits per heavy atom. The molecule has 0 aromatic carbocycles. The number of rotatable bonds is 14. The van der Waals surface area contributed by atoms with Gasteiger partial charge in [-0.15, -0.1) is 0 Å². The summed E-state index contributed by atoms with van der Waals surface area (Å²) in [7, 11) is 0. The summed E-state index contributed by atoms with van der Waals surface area (Å²) in [5, 5.41) is 3.98. The molecule has 0 unspecified atom stereocenters. The molecule has 0 radical (unpaired) electrons. The molecule has 2 aliphatic heterocycles. The first kappa shape index (κ1) is 42.3. The van der Waals surface area contributed by atoms with E-state index in [2.05, 4.69) is 5.16 Å². The van der Waals surface area contributed by atoms with Crippen LogP contribution in [0.15, 0.2) is 10.6 Å². The predicted molar refractivity (Wildman–Crippen MR) is 164 cm³/mol. The molecule has 2 aliphatic rings. The number of ether oxygens (including phenoxy) is 11. The number of aromatic nitrogens is 1. The van der Waals surface area contributed by atoms with Crippen molar-refractivity contribution in [2.75, 3.05) is 13.2 Å². The van der Waals surface area contributed by atoms with Gasteiger partial charge in [-0.3, -0.25) is 38.4 Å². The third-order valence-corrected chi connectivity index (χ3v) is 7.20. The van der Waals surface area contributed by atoms with Gasteiger partial charge in [-0.1, -0.05) is 5.16 Å². The molecule has 1 aromatic heterocycles. The lowest BCUT2D eigenvalue weighted by Gasteiger charge is -2.44. The highest BCUT2D eigenvalue weighted by Gasteiger charge is 2.55. The second kappa shape index (κ2) is 19.1. The van der Waals surface area contributed by atoms with Gasteiger partial charge in [0.05, 0.1) is 0 Å². The summed E-state index contributed by atoms with van der Waals surface area (Å²) in [5.41, 5.74) is -0.0531. The molecule has 0 amide bonds. The first-order chi connectivity index (χ1) is 24.9. The van der Waals surface area contributed by atoms with E-state index < -0.39 is 129 Å². The van der Waals surface area contributed by atoms with Crippen molar-refractivity contribution >= 4 is 47.8 Å². The van der Waals surface area contributed by atoms with Crippen LogP contribution in [-0.4, -0.2) is 121 Å². The van der Waals surface area contributed by atoms with Gasteiger partial charge >= 0.3 is 47.8 Å². The van der Waals surface area contributed by atoms with Crippen LogP contribution in [0.3, 0.4) is 0 Å². The van der Waals surface area contributed by atoms with E-state index in [9.17, 15) is 38.4 Å². The highest BCUT2D eigenvalue weighted by atomic mass is 16.7. The number of nitrogens with zero attached hydrogens (tertiary/aromatic N) is 1. The summed E-state index contributed by atoms with van der Waals surface area (Å²) in [6, 6.07) is 1.30. The van der Waals surface area contributed by atoms with Crippen LogP contribution in [0.2, 0.25) is 0 Å². The molecule has 0 spiro atoms. The van der Waals surface area contributed by atoms with E-state index in [1.54, 1.807) is 0 Å². The van der Waals surface area contributed by atoms with E-state index in [0.29, 0.717) is 0 Å². The second-order valence-electron chi connectivity index (χ2n) is 11.7. The Kier molecular flexibility index (Phi) is 15.2. The lowest BCUT2D eigenvalue weighted by atomic mass is 9.92. The zero-order chi connectivity index (χ0) is 39.6. The van der Waals surface area contributed by atoms with E-state index in [-0.39, 0.29) is 11.5 Å². The van der Waals surface area contributed by atoms with Gasteiger partial charge in [0, 0.05) is 61.5 Å². The lowest BCUT2D eigenvalue weighted by Crippen LogP contribution is -2.62. The van der Waals surface area contributed by atoms with Crippen molar-refractivity contribution in [2.24, 2.45) is 0 Å². The Balaban J connectivity index is 1.97. The zero-order valence-electron chi connectivity index (χ0n) is 30.1. The standard InChI is InChI=1S/C32H41NO20/c1-13(34)42-11-23-26(45-15(3)36)29(48-18(6)39)28(47-17(5)38)25(51-23)22-9-21(53-33-22)10-44-32-31(50-20(8)41)30(49-19(7)40)27(46-16(4)37)24(52-32)12-43-14(2)35/h9,23-32H,10-12H2,1-8H3/t23-,24-,25+,26+,27-,28+,29+,30+,31-,32-/m1/s1. The van der Waals surface area contributed by atoms with E-state index in [1.165, 1.54) is 6.07 Å². The average molecular weight is 760 g/mol. The Hall–Kier alpha value is -5.15. The molecule has 3 rings (SSSR count). The Bertz CT molecular complexity index is 1520. The highest BCUT2D eigenvalue weighted by molar-refractivity contribution is 5.70. The number of carbonyl (C=O) groups is 8. The van der Waals surface area contributed by atoms with Gasteiger partial charge in [0.1, 0.15) is 43.8 Å². The van der Waals surface area contributed by atoms with Crippen LogP contribution in [0.5, 0.6) is 0 Å². The average Bonchev–Trinajstić information content (AvgIpc) is 3.50. The van der Waals surface area contributed by atoms with Crippen LogP contribution in [0.4, 0.5) is 0 Å². The van der Waals surface area contributed by atoms with E-state index >= 15 is 0 Å². The summed E-state index contributed by atoms with van der Waals surface area (Å²) in [6.45, 7) is 7.20. The monoisotopic (exact) mass is 759 g/mol. The number of esters is 8. The lowest BCUT2D eigenvalue weighted by molar-refractivity contribution is -0.311. The zero-order valence-corrected chi connectivity index (χ0v) is 30.1. The molecule has 0 bridgehead atoms. The number of carbonyl (C=O) groups excluding carboxylic acids is 8. The predicted octanol–water partition coefficient (Wildman–Crippen LogP) is 0.0724. The fourth-order valence-electron chi connectivity index (χ4n) is 5.48. The van der Waals surface area contributed by atoms with Crippen molar-refractivity contribution in [3.63, 3.8) is 0 Å². The fourth-order valence-corrected chi connectivity index (χ4v) is 5.48. The van der Waals surface area contributed by atoms with Gasteiger partial charge in [0.2, 0.25) is 0 Å². The van der Waals surface area contributed by atoms with Gasteiger partial charge in [-0.2, -0.15) is 0 Å². The molecular weight excluding hydrogens is 718 g/mol. The molecular formula is C32H41NO20. The maximum absolute atomic E-state index is 12.2. The second-order valence-corrected chi connectivity index (χ2v) is 11.7. The van der Waals surface area contributed by atoms with Gasteiger partial charge in [0.25, 0.3) is 0 Å². The van der Waals surface area contributed by atoms with Crippen molar-refractivity contribution in [1.82, 2.24) is 5.16 Å². The fraction of sp³-hybridized carbons (Fsp3) is 0.656. The van der Waals surface area contributed by atoms with Crippen molar-refractivity contribution in [2.45, 2.75) is 123 Å². The first-order valence-corrected chi connectivity index (χ1v) is 16.0. The summed E-state index contributed by atoms with van der Waals surface area (Å²) in [6.07, 6.45) is -14.3. The Morgan fingerprint density at radius 2 is 0.925 bits per heavy atom. The third kappa shape index (κ3) is 12.5. The quantitative estimate of drug-likeness (QED) is 0.179. The molecule has 21 nitrogen and oxygen atoms in total. The van der Waals surface area contributed by atoms with Crippen molar-refractivity contribution in [1.29, 1.82) is 0 Å². The van der Waals surface area contributed by atoms with E-state index in [1.807, 2.05) is 0 Å². The van der Waals surface area contributed by atoms with Crippen LogP contribution in [0.1, 0.15) is 72.9 Å². The molecule has 21 heteroatoms. The third-order valence-electron chi connectivity index (χ3n) is 7.20. The number of hydrogen-bond donors (Lipinski definition) is 0. The summed E-state index contributed by atoms with van der Waals surface area (Å²) in [4.78, 5) is 96.0. The molecule has 1 aromatic rings. The highest BCUT2D eigenvalue weighted by Crippen LogP contribution is 2.38. The largest absolute Gasteiger partial charge is 0.463 e. The molecule has 294 valence electrons. The Labute approximate surface area is 302 Å². The minimum atomic E-state index is -1.56. The normalized spacial score (nSPS) is 28.0. The maximum atomic E-state index is 12.2. The van der Waals surface area contributed by atoms with Crippen LogP contribution in [0, 0.1) is 0 Å². The number of hydrogen-bond acceptors (Lipinski definition) is 21. The van der Waals surface area contributed by atoms with E-state index in [0.717, 1.165) is 55.4 Å². The van der Waals surface area contributed by atoms with Gasteiger partial charge in [-0.05, 0) is 0 Å². The summed E-state index contributed by atoms with van der Waals surface area (Å²) >= 11 is 0.